The number of aromatic amines is 1. The van der Waals surface area contributed by atoms with Gasteiger partial charge in [0.15, 0.2) is 5.75 Å². The van der Waals surface area contributed by atoms with Crippen molar-refractivity contribution in [2.75, 3.05) is 25.2 Å². The smallest absolute Gasteiger partial charge is 0.154 e. The topological polar surface area (TPSA) is 83.5 Å². The van der Waals surface area contributed by atoms with E-state index in [0.29, 0.717) is 39.7 Å². The van der Waals surface area contributed by atoms with Crippen molar-refractivity contribution >= 4 is 34.1 Å². The van der Waals surface area contributed by atoms with Gasteiger partial charge in [0.1, 0.15) is 29.8 Å². The molecular weight excluding hydrogens is 423 g/mol. The van der Waals surface area contributed by atoms with Crippen LogP contribution in [0.2, 0.25) is 5.02 Å². The molecule has 4 aromatic rings. The number of hydrogen-bond acceptors (Lipinski definition) is 6. The van der Waals surface area contributed by atoms with Crippen LogP contribution >= 0.6 is 11.6 Å². The average molecular weight is 441 g/mol. The van der Waals surface area contributed by atoms with Gasteiger partial charge in [-0.1, -0.05) is 17.7 Å². The van der Waals surface area contributed by atoms with Crippen LogP contribution in [0.5, 0.6) is 11.5 Å². The number of hydrogen-bond donors (Lipinski definition) is 2. The van der Waals surface area contributed by atoms with E-state index in [0.717, 1.165) is 5.69 Å². The zero-order valence-electron chi connectivity index (χ0n) is 16.5. The summed E-state index contributed by atoms with van der Waals surface area (Å²) >= 11 is 5.90. The maximum Gasteiger partial charge on any atom is 0.154 e. The first kappa shape index (κ1) is 19.6. The molecule has 1 aliphatic rings. The van der Waals surface area contributed by atoms with Crippen molar-refractivity contribution in [3.63, 3.8) is 0 Å². The van der Waals surface area contributed by atoms with Gasteiger partial charge in [-0.15, -0.1) is 0 Å². The normalized spacial score (nSPS) is 15.6. The first-order chi connectivity index (χ1) is 15.1. The van der Waals surface area contributed by atoms with Crippen LogP contribution in [0.15, 0.2) is 48.7 Å². The molecule has 0 saturated carbocycles. The van der Waals surface area contributed by atoms with Crippen LogP contribution in [-0.2, 0) is 0 Å². The summed E-state index contributed by atoms with van der Waals surface area (Å²) in [6.45, 7) is 0.148. The zero-order valence-corrected chi connectivity index (χ0v) is 17.2. The minimum Gasteiger partial charge on any atom is -0.495 e. The Morgan fingerprint density at radius 1 is 1.32 bits per heavy atom. The van der Waals surface area contributed by atoms with Crippen molar-refractivity contribution in [2.24, 2.45) is 0 Å². The number of aromatic nitrogens is 3. The number of aliphatic hydroxyl groups excluding tert-OH is 1. The number of para-hydroxylation sites is 1. The molecule has 9 heteroatoms. The maximum absolute atomic E-state index is 13.9. The predicted octanol–water partition coefficient (Wildman–Crippen LogP) is 4.32. The molecule has 3 heterocycles. The predicted molar refractivity (Wildman–Crippen MR) is 116 cm³/mol. The molecule has 5 rings (SSSR count). The largest absolute Gasteiger partial charge is 0.495 e. The summed E-state index contributed by atoms with van der Waals surface area (Å²) in [4.78, 5) is 14.1. The molecule has 1 unspecified atom stereocenters. The summed E-state index contributed by atoms with van der Waals surface area (Å²) in [6, 6.07) is 11.8. The van der Waals surface area contributed by atoms with E-state index in [9.17, 15) is 9.50 Å². The van der Waals surface area contributed by atoms with Gasteiger partial charge in [-0.25, -0.2) is 14.4 Å². The van der Waals surface area contributed by atoms with Crippen LogP contribution < -0.4 is 14.4 Å². The molecule has 0 amide bonds. The van der Waals surface area contributed by atoms with E-state index in [-0.39, 0.29) is 24.3 Å². The molecule has 0 spiro atoms. The molecule has 31 heavy (non-hydrogen) atoms. The number of halogens is 2. The van der Waals surface area contributed by atoms with Crippen LogP contribution in [0, 0.1) is 5.82 Å². The molecule has 0 aliphatic carbocycles. The fourth-order valence-electron chi connectivity index (χ4n) is 3.72. The summed E-state index contributed by atoms with van der Waals surface area (Å²) in [5, 5.41) is 9.96. The fraction of sp³-hybridized carbons (Fsp3) is 0.182. The van der Waals surface area contributed by atoms with Gasteiger partial charge in [-0.2, -0.15) is 0 Å². The van der Waals surface area contributed by atoms with Crippen molar-refractivity contribution < 1.29 is 19.0 Å². The van der Waals surface area contributed by atoms with Gasteiger partial charge in [-0.3, -0.25) is 0 Å². The van der Waals surface area contributed by atoms with Crippen molar-refractivity contribution in [3.8, 4) is 22.9 Å². The van der Waals surface area contributed by atoms with Crippen molar-refractivity contribution in [2.45, 2.75) is 6.04 Å². The van der Waals surface area contributed by atoms with Gasteiger partial charge in [0.2, 0.25) is 0 Å². The molecule has 2 aromatic heterocycles. The fourth-order valence-corrected chi connectivity index (χ4v) is 3.87. The van der Waals surface area contributed by atoms with E-state index in [4.69, 9.17) is 21.1 Å². The Bertz CT molecular complexity index is 1220. The number of nitrogens with zero attached hydrogens (tertiary/aromatic N) is 3. The van der Waals surface area contributed by atoms with E-state index in [1.54, 1.807) is 13.3 Å². The van der Waals surface area contributed by atoms with Gasteiger partial charge >= 0.3 is 0 Å². The quantitative estimate of drug-likeness (QED) is 0.492. The molecule has 1 aliphatic heterocycles. The summed E-state index contributed by atoms with van der Waals surface area (Å²) in [5.74, 6) is 1.90. The minimum atomic E-state index is -0.516. The van der Waals surface area contributed by atoms with Crippen LogP contribution in [0.4, 0.5) is 15.9 Å². The van der Waals surface area contributed by atoms with Crippen molar-refractivity contribution in [1.82, 2.24) is 15.0 Å². The molecule has 0 radical (unpaired) electrons. The lowest BCUT2D eigenvalue weighted by Gasteiger charge is -2.37. The Morgan fingerprint density at radius 2 is 2.19 bits per heavy atom. The Kier molecular flexibility index (Phi) is 4.88. The number of benzene rings is 2. The molecule has 0 saturated heterocycles. The molecule has 2 aromatic carbocycles. The monoisotopic (exact) mass is 440 g/mol. The highest BCUT2D eigenvalue weighted by Crippen LogP contribution is 2.44. The van der Waals surface area contributed by atoms with Crippen LogP contribution in [0.1, 0.15) is 0 Å². The second-order valence-electron chi connectivity index (χ2n) is 7.10. The van der Waals surface area contributed by atoms with Crippen LogP contribution in [0.25, 0.3) is 22.4 Å². The Balaban J connectivity index is 1.63. The number of nitrogens with one attached hydrogen (secondary N) is 1. The molecule has 158 valence electrons. The Hall–Kier alpha value is -3.36. The van der Waals surface area contributed by atoms with Gasteiger partial charge in [0.05, 0.1) is 53.3 Å². The first-order valence-corrected chi connectivity index (χ1v) is 9.98. The second-order valence-corrected chi connectivity index (χ2v) is 7.50. The highest BCUT2D eigenvalue weighted by molar-refractivity contribution is 6.31. The lowest BCUT2D eigenvalue weighted by Crippen LogP contribution is -2.43. The molecular formula is C22H18ClFN4O3. The van der Waals surface area contributed by atoms with E-state index >= 15 is 0 Å². The number of H-pyrrole nitrogens is 1. The summed E-state index contributed by atoms with van der Waals surface area (Å²) in [5.41, 5.74) is 2.54. The van der Waals surface area contributed by atoms with E-state index in [1.165, 1.54) is 12.1 Å². The number of methoxy groups -OCH3 is 1. The maximum atomic E-state index is 13.9. The number of imidazole rings is 1. The number of aliphatic hydroxyl groups is 1. The molecule has 1 atom stereocenters. The van der Waals surface area contributed by atoms with Gasteiger partial charge in [-0.05, 0) is 30.3 Å². The number of pyridine rings is 1. The third kappa shape index (κ3) is 3.34. The Labute approximate surface area is 182 Å². The molecule has 7 nitrogen and oxygen atoms in total. The molecule has 2 N–H and O–H groups in total. The van der Waals surface area contributed by atoms with Crippen molar-refractivity contribution in [1.29, 1.82) is 0 Å². The second kappa shape index (κ2) is 7.72. The van der Waals surface area contributed by atoms with Gasteiger partial charge in [0, 0.05) is 6.07 Å². The number of rotatable bonds is 4. The third-order valence-electron chi connectivity index (χ3n) is 5.23. The van der Waals surface area contributed by atoms with E-state index in [2.05, 4.69) is 15.0 Å². The van der Waals surface area contributed by atoms with Crippen molar-refractivity contribution in [3.05, 3.63) is 59.5 Å². The lowest BCUT2D eigenvalue weighted by atomic mass is 10.1. The van der Waals surface area contributed by atoms with Gasteiger partial charge < -0.3 is 24.5 Å². The van der Waals surface area contributed by atoms with E-state index < -0.39 is 5.82 Å². The molecule has 0 fully saturated rings. The third-order valence-corrected chi connectivity index (χ3v) is 5.52. The summed E-state index contributed by atoms with van der Waals surface area (Å²) in [6.07, 6.45) is 1.63. The molecule has 0 bridgehead atoms. The van der Waals surface area contributed by atoms with Gasteiger partial charge in [0.25, 0.3) is 0 Å². The number of ether oxygens (including phenoxy) is 2. The zero-order chi connectivity index (χ0) is 21.5. The SMILES string of the molecule is COc1ccc(N2c3cccc(-c4nc5cc(Cl)c(F)cc5[nH]4)c3OCC2CO)nc1. The summed E-state index contributed by atoms with van der Waals surface area (Å²) in [7, 11) is 1.58. The number of fused-ring (bicyclic) bond motifs is 2. The minimum absolute atomic E-state index is 0.0134. The van der Waals surface area contributed by atoms with Crippen LogP contribution in [0.3, 0.4) is 0 Å². The highest BCUT2D eigenvalue weighted by atomic mass is 35.5. The standard InChI is InChI=1S/C22H18ClFN4O3/c1-30-13-5-6-20(25-9-13)28-12(10-29)11-31-21-14(3-2-4-19(21)28)22-26-17-7-15(23)16(24)8-18(17)27-22/h2-9,12,29H,10-11H2,1H3,(H,26,27). The highest BCUT2D eigenvalue weighted by Gasteiger charge is 2.31. The van der Waals surface area contributed by atoms with E-state index in [1.807, 2.05) is 35.2 Å². The van der Waals surface area contributed by atoms with Crippen LogP contribution in [-0.4, -0.2) is 46.4 Å². The lowest BCUT2D eigenvalue weighted by molar-refractivity contribution is 0.195. The first-order valence-electron chi connectivity index (χ1n) is 9.60. The number of anilines is 2. The average Bonchev–Trinajstić information content (AvgIpc) is 3.20. The summed E-state index contributed by atoms with van der Waals surface area (Å²) < 4.78 is 25.1. The Morgan fingerprint density at radius 3 is 2.94 bits per heavy atom.